The Morgan fingerprint density at radius 3 is 2.05 bits per heavy atom. The average molecular weight is 312 g/mol. The van der Waals surface area contributed by atoms with Crippen LogP contribution < -0.4 is 0 Å². The summed E-state index contributed by atoms with van der Waals surface area (Å²) in [5.41, 5.74) is 0. The van der Waals surface area contributed by atoms with Crippen molar-refractivity contribution >= 4 is 17.8 Å². The number of hydrogen-bond donors (Lipinski definition) is 1. The lowest BCUT2D eigenvalue weighted by molar-refractivity contribution is -0.145. The van der Waals surface area contributed by atoms with Gasteiger partial charge in [-0.2, -0.15) is 0 Å². The Bertz CT molecular complexity index is 384. The number of nitrogens with zero attached hydrogens (tertiary/aromatic N) is 2. The van der Waals surface area contributed by atoms with E-state index in [1.807, 2.05) is 18.7 Å². The van der Waals surface area contributed by atoms with Crippen molar-refractivity contribution in [3.63, 3.8) is 0 Å². The summed E-state index contributed by atoms with van der Waals surface area (Å²) in [6.45, 7) is 6.52. The van der Waals surface area contributed by atoms with Crippen molar-refractivity contribution in [3.05, 3.63) is 0 Å². The molecule has 0 bridgehead atoms. The van der Waals surface area contributed by atoms with E-state index < -0.39 is 5.97 Å². The standard InChI is InChI=1S/C16H28N2O4/c1-3-9-17(10-4-2)14(19)5-6-15(20)18-11-7-13(8-12-18)16(21)22/h13H,3-12H2,1-2H3,(H,21,22). The number of likely N-dealkylation sites (tertiary alicyclic amines) is 1. The molecular formula is C16H28N2O4. The first-order valence-corrected chi connectivity index (χ1v) is 8.27. The third-order valence-corrected chi connectivity index (χ3v) is 4.09. The van der Waals surface area contributed by atoms with Crippen molar-refractivity contribution in [3.8, 4) is 0 Å². The van der Waals surface area contributed by atoms with Crippen molar-refractivity contribution in [2.75, 3.05) is 26.2 Å². The molecule has 0 radical (unpaired) electrons. The van der Waals surface area contributed by atoms with Gasteiger partial charge >= 0.3 is 5.97 Å². The Hall–Kier alpha value is -1.59. The highest BCUT2D eigenvalue weighted by Crippen LogP contribution is 2.18. The summed E-state index contributed by atoms with van der Waals surface area (Å²) < 4.78 is 0. The molecule has 0 aliphatic carbocycles. The average Bonchev–Trinajstić information content (AvgIpc) is 2.52. The summed E-state index contributed by atoms with van der Waals surface area (Å²) in [4.78, 5) is 38.7. The Morgan fingerprint density at radius 1 is 1.05 bits per heavy atom. The number of carboxylic acid groups (broad SMARTS) is 1. The predicted octanol–water partition coefficient (Wildman–Crippen LogP) is 1.74. The minimum Gasteiger partial charge on any atom is -0.481 e. The van der Waals surface area contributed by atoms with Gasteiger partial charge in [-0.3, -0.25) is 14.4 Å². The van der Waals surface area contributed by atoms with Gasteiger partial charge in [0.15, 0.2) is 0 Å². The molecule has 2 amide bonds. The first-order chi connectivity index (χ1) is 10.5. The zero-order chi connectivity index (χ0) is 16.5. The number of piperidine rings is 1. The molecule has 0 aromatic heterocycles. The van der Waals surface area contributed by atoms with Gasteiger partial charge in [0.05, 0.1) is 5.92 Å². The fourth-order valence-electron chi connectivity index (χ4n) is 2.81. The van der Waals surface area contributed by atoms with E-state index >= 15 is 0 Å². The number of carboxylic acids is 1. The van der Waals surface area contributed by atoms with Crippen LogP contribution in [-0.4, -0.2) is 58.9 Å². The molecule has 1 N–H and O–H groups in total. The van der Waals surface area contributed by atoms with E-state index in [1.165, 1.54) is 0 Å². The van der Waals surface area contributed by atoms with Crippen LogP contribution >= 0.6 is 0 Å². The van der Waals surface area contributed by atoms with E-state index in [9.17, 15) is 14.4 Å². The second-order valence-electron chi connectivity index (χ2n) is 5.87. The van der Waals surface area contributed by atoms with Crippen LogP contribution in [0.1, 0.15) is 52.4 Å². The van der Waals surface area contributed by atoms with E-state index in [1.54, 1.807) is 4.90 Å². The van der Waals surface area contributed by atoms with Crippen LogP contribution in [0, 0.1) is 5.92 Å². The van der Waals surface area contributed by atoms with Crippen molar-refractivity contribution in [1.29, 1.82) is 0 Å². The number of amides is 2. The van der Waals surface area contributed by atoms with Gasteiger partial charge < -0.3 is 14.9 Å². The van der Waals surface area contributed by atoms with Crippen molar-refractivity contribution < 1.29 is 19.5 Å². The van der Waals surface area contributed by atoms with Crippen LogP contribution in [0.15, 0.2) is 0 Å². The van der Waals surface area contributed by atoms with Gasteiger partial charge in [0.2, 0.25) is 11.8 Å². The van der Waals surface area contributed by atoms with Crippen LogP contribution in [0.5, 0.6) is 0 Å². The predicted molar refractivity (Wildman–Crippen MR) is 83.3 cm³/mol. The normalized spacial score (nSPS) is 15.6. The summed E-state index contributed by atoms with van der Waals surface area (Å²) in [6.07, 6.45) is 3.32. The lowest BCUT2D eigenvalue weighted by Crippen LogP contribution is -2.41. The number of carbonyl (C=O) groups excluding carboxylic acids is 2. The molecule has 0 atom stereocenters. The highest BCUT2D eigenvalue weighted by molar-refractivity contribution is 5.84. The molecule has 1 aliphatic rings. The molecule has 0 unspecified atom stereocenters. The van der Waals surface area contributed by atoms with E-state index in [0.717, 1.165) is 25.9 Å². The molecule has 6 nitrogen and oxygen atoms in total. The smallest absolute Gasteiger partial charge is 0.306 e. The Kier molecular flexibility index (Phi) is 7.91. The zero-order valence-corrected chi connectivity index (χ0v) is 13.7. The van der Waals surface area contributed by atoms with E-state index in [2.05, 4.69) is 0 Å². The highest BCUT2D eigenvalue weighted by Gasteiger charge is 2.27. The lowest BCUT2D eigenvalue weighted by Gasteiger charge is -2.30. The van der Waals surface area contributed by atoms with Crippen molar-refractivity contribution in [2.45, 2.75) is 52.4 Å². The minimum absolute atomic E-state index is 0.0369. The maximum Gasteiger partial charge on any atom is 0.306 e. The van der Waals surface area contributed by atoms with Gasteiger partial charge in [0.25, 0.3) is 0 Å². The monoisotopic (exact) mass is 312 g/mol. The molecule has 1 fully saturated rings. The first-order valence-electron chi connectivity index (χ1n) is 8.27. The molecule has 1 aliphatic heterocycles. The van der Waals surface area contributed by atoms with E-state index in [0.29, 0.717) is 25.9 Å². The van der Waals surface area contributed by atoms with Crippen molar-refractivity contribution in [1.82, 2.24) is 9.80 Å². The summed E-state index contributed by atoms with van der Waals surface area (Å²) in [5, 5.41) is 8.95. The van der Waals surface area contributed by atoms with E-state index in [-0.39, 0.29) is 30.6 Å². The molecule has 0 aromatic carbocycles. The molecule has 1 heterocycles. The summed E-state index contributed by atoms with van der Waals surface area (Å²) in [7, 11) is 0. The fourth-order valence-corrected chi connectivity index (χ4v) is 2.81. The van der Waals surface area contributed by atoms with Gasteiger partial charge in [-0.15, -0.1) is 0 Å². The Balaban J connectivity index is 2.36. The van der Waals surface area contributed by atoms with Crippen LogP contribution in [0.4, 0.5) is 0 Å². The van der Waals surface area contributed by atoms with Gasteiger partial charge in [-0.1, -0.05) is 13.8 Å². The minimum atomic E-state index is -0.781. The topological polar surface area (TPSA) is 77.9 Å². The molecule has 6 heteroatoms. The number of rotatable bonds is 8. The van der Waals surface area contributed by atoms with Crippen LogP contribution in [-0.2, 0) is 14.4 Å². The lowest BCUT2D eigenvalue weighted by atomic mass is 9.97. The van der Waals surface area contributed by atoms with Gasteiger partial charge in [0, 0.05) is 39.0 Å². The summed E-state index contributed by atoms with van der Waals surface area (Å²) >= 11 is 0. The van der Waals surface area contributed by atoms with Crippen LogP contribution in [0.3, 0.4) is 0 Å². The van der Waals surface area contributed by atoms with Crippen LogP contribution in [0.25, 0.3) is 0 Å². The zero-order valence-electron chi connectivity index (χ0n) is 13.7. The molecule has 126 valence electrons. The second kappa shape index (κ2) is 9.43. The number of hydrogen-bond acceptors (Lipinski definition) is 3. The number of carbonyl (C=O) groups is 3. The maximum atomic E-state index is 12.1. The molecule has 0 aromatic rings. The molecule has 0 saturated carbocycles. The third-order valence-electron chi connectivity index (χ3n) is 4.09. The SMILES string of the molecule is CCCN(CCC)C(=O)CCC(=O)N1CCC(C(=O)O)CC1. The molecular weight excluding hydrogens is 284 g/mol. The summed E-state index contributed by atoms with van der Waals surface area (Å²) in [5.74, 6) is -1.12. The Morgan fingerprint density at radius 2 is 1.59 bits per heavy atom. The fraction of sp³-hybridized carbons (Fsp3) is 0.812. The Labute approximate surface area is 132 Å². The van der Waals surface area contributed by atoms with Gasteiger partial charge in [0.1, 0.15) is 0 Å². The molecule has 1 saturated heterocycles. The molecule has 0 spiro atoms. The summed E-state index contributed by atoms with van der Waals surface area (Å²) in [6, 6.07) is 0. The molecule has 1 rings (SSSR count). The van der Waals surface area contributed by atoms with Gasteiger partial charge in [-0.25, -0.2) is 0 Å². The third kappa shape index (κ3) is 5.66. The quantitative estimate of drug-likeness (QED) is 0.740. The number of aliphatic carboxylic acids is 1. The maximum absolute atomic E-state index is 12.1. The largest absolute Gasteiger partial charge is 0.481 e. The van der Waals surface area contributed by atoms with Crippen LogP contribution in [0.2, 0.25) is 0 Å². The van der Waals surface area contributed by atoms with Gasteiger partial charge in [-0.05, 0) is 25.7 Å². The highest BCUT2D eigenvalue weighted by atomic mass is 16.4. The second-order valence-corrected chi connectivity index (χ2v) is 5.87. The van der Waals surface area contributed by atoms with Crippen molar-refractivity contribution in [2.24, 2.45) is 5.92 Å². The molecule has 22 heavy (non-hydrogen) atoms. The first kappa shape index (κ1) is 18.5. The van der Waals surface area contributed by atoms with E-state index in [4.69, 9.17) is 5.11 Å².